The van der Waals surface area contributed by atoms with E-state index in [0.717, 1.165) is 24.9 Å². The second-order valence-corrected chi connectivity index (χ2v) is 7.51. The lowest BCUT2D eigenvalue weighted by molar-refractivity contribution is 0.247. The SMILES string of the molecule is Cc1ccc(S(=O)(=O)N2CCC3NCCC3C2)cc1. The molecule has 4 nitrogen and oxygen atoms in total. The van der Waals surface area contributed by atoms with Crippen molar-refractivity contribution in [2.45, 2.75) is 30.7 Å². The summed E-state index contributed by atoms with van der Waals surface area (Å²) in [5.74, 6) is 0.481. The molecule has 3 rings (SSSR count). The van der Waals surface area contributed by atoms with Crippen molar-refractivity contribution in [2.75, 3.05) is 19.6 Å². The fraction of sp³-hybridized carbons (Fsp3) is 0.571. The Kier molecular flexibility index (Phi) is 3.37. The molecule has 2 aliphatic heterocycles. The fourth-order valence-corrected chi connectivity index (χ4v) is 4.60. The van der Waals surface area contributed by atoms with Crippen molar-refractivity contribution in [2.24, 2.45) is 5.92 Å². The zero-order valence-electron chi connectivity index (χ0n) is 11.2. The second-order valence-electron chi connectivity index (χ2n) is 5.57. The summed E-state index contributed by atoms with van der Waals surface area (Å²) in [5, 5.41) is 3.46. The Hall–Kier alpha value is -0.910. The molecule has 0 radical (unpaired) electrons. The monoisotopic (exact) mass is 280 g/mol. The third kappa shape index (κ3) is 2.42. The van der Waals surface area contributed by atoms with Crippen molar-refractivity contribution in [3.63, 3.8) is 0 Å². The molecule has 104 valence electrons. The average molecular weight is 280 g/mol. The minimum absolute atomic E-state index is 0.419. The van der Waals surface area contributed by atoms with Gasteiger partial charge in [0.15, 0.2) is 0 Å². The predicted molar refractivity (Wildman–Crippen MR) is 74.5 cm³/mol. The minimum Gasteiger partial charge on any atom is -0.314 e. The Balaban J connectivity index is 1.82. The number of nitrogens with one attached hydrogen (secondary N) is 1. The van der Waals surface area contributed by atoms with E-state index in [4.69, 9.17) is 0 Å². The Labute approximate surface area is 114 Å². The molecular weight excluding hydrogens is 260 g/mol. The first kappa shape index (κ1) is 13.1. The van der Waals surface area contributed by atoms with Gasteiger partial charge in [-0.05, 0) is 44.4 Å². The Morgan fingerprint density at radius 2 is 1.95 bits per heavy atom. The molecule has 2 heterocycles. The zero-order chi connectivity index (χ0) is 13.5. The van der Waals surface area contributed by atoms with Gasteiger partial charge in [0.1, 0.15) is 0 Å². The number of rotatable bonds is 2. The minimum atomic E-state index is -3.31. The molecule has 2 saturated heterocycles. The van der Waals surface area contributed by atoms with Crippen LogP contribution in [-0.2, 0) is 10.0 Å². The highest BCUT2D eigenvalue weighted by Crippen LogP contribution is 2.28. The van der Waals surface area contributed by atoms with Gasteiger partial charge in [0.25, 0.3) is 0 Å². The number of hydrogen-bond donors (Lipinski definition) is 1. The highest BCUT2D eigenvalue weighted by atomic mass is 32.2. The Bertz CT molecular complexity index is 553. The van der Waals surface area contributed by atoms with Crippen LogP contribution in [0.1, 0.15) is 18.4 Å². The average Bonchev–Trinajstić information content (AvgIpc) is 2.86. The molecule has 1 aromatic carbocycles. The smallest absolute Gasteiger partial charge is 0.243 e. The highest BCUT2D eigenvalue weighted by Gasteiger charge is 2.37. The van der Waals surface area contributed by atoms with Gasteiger partial charge >= 0.3 is 0 Å². The summed E-state index contributed by atoms with van der Waals surface area (Å²) in [5.41, 5.74) is 1.08. The van der Waals surface area contributed by atoms with E-state index in [-0.39, 0.29) is 0 Å². The Morgan fingerprint density at radius 3 is 2.68 bits per heavy atom. The lowest BCUT2D eigenvalue weighted by atomic mass is 9.95. The maximum atomic E-state index is 12.6. The van der Waals surface area contributed by atoms with E-state index < -0.39 is 10.0 Å². The van der Waals surface area contributed by atoms with Gasteiger partial charge in [-0.3, -0.25) is 0 Å². The van der Waals surface area contributed by atoms with Crippen molar-refractivity contribution >= 4 is 10.0 Å². The number of nitrogens with zero attached hydrogens (tertiary/aromatic N) is 1. The number of hydrogen-bond acceptors (Lipinski definition) is 3. The number of benzene rings is 1. The standard InChI is InChI=1S/C14H20N2O2S/c1-11-2-4-13(5-3-11)19(17,18)16-9-7-14-12(10-16)6-8-15-14/h2-5,12,14-15H,6-10H2,1H3. The first-order chi connectivity index (χ1) is 9.07. The molecule has 0 aliphatic carbocycles. The van der Waals surface area contributed by atoms with E-state index in [1.165, 1.54) is 0 Å². The van der Waals surface area contributed by atoms with E-state index in [0.29, 0.717) is 29.9 Å². The molecule has 0 spiro atoms. The maximum Gasteiger partial charge on any atom is 0.243 e. The van der Waals surface area contributed by atoms with Crippen LogP contribution in [0, 0.1) is 12.8 Å². The Morgan fingerprint density at radius 1 is 1.21 bits per heavy atom. The van der Waals surface area contributed by atoms with Crippen LogP contribution >= 0.6 is 0 Å². The number of sulfonamides is 1. The van der Waals surface area contributed by atoms with Crippen LogP contribution in [0.5, 0.6) is 0 Å². The summed E-state index contributed by atoms with van der Waals surface area (Å²) in [7, 11) is -3.31. The van der Waals surface area contributed by atoms with Crippen LogP contribution in [0.15, 0.2) is 29.2 Å². The van der Waals surface area contributed by atoms with Crippen molar-refractivity contribution in [3.8, 4) is 0 Å². The van der Waals surface area contributed by atoms with Crippen LogP contribution in [0.25, 0.3) is 0 Å². The summed E-state index contributed by atoms with van der Waals surface area (Å²) in [4.78, 5) is 0.419. The molecule has 5 heteroatoms. The van der Waals surface area contributed by atoms with E-state index in [9.17, 15) is 8.42 Å². The third-order valence-corrected chi connectivity index (χ3v) is 6.16. The molecular formula is C14H20N2O2S. The third-order valence-electron chi connectivity index (χ3n) is 4.28. The summed E-state index contributed by atoms with van der Waals surface area (Å²) in [6.45, 7) is 4.28. The van der Waals surface area contributed by atoms with E-state index in [1.807, 2.05) is 19.1 Å². The second kappa shape index (κ2) is 4.89. The van der Waals surface area contributed by atoms with E-state index >= 15 is 0 Å². The van der Waals surface area contributed by atoms with Crippen molar-refractivity contribution in [3.05, 3.63) is 29.8 Å². The van der Waals surface area contributed by atoms with E-state index in [2.05, 4.69) is 5.32 Å². The van der Waals surface area contributed by atoms with Crippen molar-refractivity contribution in [1.29, 1.82) is 0 Å². The van der Waals surface area contributed by atoms with Gasteiger partial charge in [-0.15, -0.1) is 0 Å². The summed E-state index contributed by atoms with van der Waals surface area (Å²) < 4.78 is 26.8. The number of piperidine rings is 1. The molecule has 2 unspecified atom stereocenters. The molecule has 1 aromatic rings. The molecule has 2 atom stereocenters. The van der Waals surface area contributed by atoms with Crippen molar-refractivity contribution < 1.29 is 8.42 Å². The number of aryl methyl sites for hydroxylation is 1. The first-order valence-corrected chi connectivity index (χ1v) is 8.31. The van der Waals surface area contributed by atoms with Crippen LogP contribution in [0.4, 0.5) is 0 Å². The normalized spacial score (nSPS) is 28.3. The molecule has 0 amide bonds. The molecule has 2 aliphatic rings. The van der Waals surface area contributed by atoms with Gasteiger partial charge < -0.3 is 5.32 Å². The molecule has 0 saturated carbocycles. The molecule has 0 bridgehead atoms. The van der Waals surface area contributed by atoms with Gasteiger partial charge in [0.05, 0.1) is 4.90 Å². The van der Waals surface area contributed by atoms with Gasteiger partial charge in [-0.2, -0.15) is 4.31 Å². The van der Waals surface area contributed by atoms with Gasteiger partial charge in [-0.1, -0.05) is 17.7 Å². The highest BCUT2D eigenvalue weighted by molar-refractivity contribution is 7.89. The number of fused-ring (bicyclic) bond motifs is 1. The zero-order valence-corrected chi connectivity index (χ0v) is 12.0. The summed E-state index contributed by atoms with van der Waals surface area (Å²) >= 11 is 0. The quantitative estimate of drug-likeness (QED) is 0.890. The lowest BCUT2D eigenvalue weighted by Gasteiger charge is -2.34. The molecule has 2 fully saturated rings. The first-order valence-electron chi connectivity index (χ1n) is 6.87. The fourth-order valence-electron chi connectivity index (χ4n) is 3.09. The van der Waals surface area contributed by atoms with Crippen molar-refractivity contribution in [1.82, 2.24) is 9.62 Å². The summed E-state index contributed by atoms with van der Waals surface area (Å²) in [6, 6.07) is 7.66. The van der Waals surface area contributed by atoms with Crippen LogP contribution < -0.4 is 5.32 Å². The topological polar surface area (TPSA) is 49.4 Å². The van der Waals surface area contributed by atoms with Crippen LogP contribution in [0.3, 0.4) is 0 Å². The maximum absolute atomic E-state index is 12.6. The van der Waals surface area contributed by atoms with Crippen LogP contribution in [0.2, 0.25) is 0 Å². The van der Waals surface area contributed by atoms with E-state index in [1.54, 1.807) is 16.4 Å². The lowest BCUT2D eigenvalue weighted by Crippen LogP contribution is -2.46. The van der Waals surface area contributed by atoms with Gasteiger partial charge in [0, 0.05) is 19.1 Å². The molecule has 1 N–H and O–H groups in total. The van der Waals surface area contributed by atoms with Gasteiger partial charge in [0.2, 0.25) is 10.0 Å². The van der Waals surface area contributed by atoms with Crippen LogP contribution in [-0.4, -0.2) is 38.4 Å². The molecule has 19 heavy (non-hydrogen) atoms. The van der Waals surface area contributed by atoms with Gasteiger partial charge in [-0.25, -0.2) is 8.42 Å². The molecule has 0 aromatic heterocycles. The largest absolute Gasteiger partial charge is 0.314 e. The predicted octanol–water partition coefficient (Wildman–Crippen LogP) is 1.37. The summed E-state index contributed by atoms with van der Waals surface area (Å²) in [6.07, 6.45) is 2.01.